The van der Waals surface area contributed by atoms with Gasteiger partial charge in [0.1, 0.15) is 0 Å². The number of likely N-dealkylation sites (tertiary alicyclic amines) is 1. The highest BCUT2D eigenvalue weighted by Crippen LogP contribution is 2.40. The van der Waals surface area contributed by atoms with Crippen molar-refractivity contribution in [2.24, 2.45) is 11.3 Å². The van der Waals surface area contributed by atoms with Crippen LogP contribution in [0.5, 0.6) is 0 Å². The first-order valence-electron chi connectivity index (χ1n) is 7.26. The van der Waals surface area contributed by atoms with E-state index in [1.165, 1.54) is 38.6 Å². The molecule has 0 radical (unpaired) electrons. The zero-order chi connectivity index (χ0) is 12.7. The molecule has 1 aliphatic carbocycles. The summed E-state index contributed by atoms with van der Waals surface area (Å²) in [7, 11) is 0. The molecule has 1 heterocycles. The van der Waals surface area contributed by atoms with E-state index in [-0.39, 0.29) is 11.5 Å². The van der Waals surface area contributed by atoms with E-state index >= 15 is 0 Å². The SMILES string of the molecule is CC1(C)CCCC(CN2CCCC2(C)C)C1O. The highest BCUT2D eigenvalue weighted by atomic mass is 16.3. The lowest BCUT2D eigenvalue weighted by atomic mass is 9.69. The fraction of sp³-hybridized carbons (Fsp3) is 1.00. The Balaban J connectivity index is 1.99. The van der Waals surface area contributed by atoms with Crippen molar-refractivity contribution in [3.05, 3.63) is 0 Å². The van der Waals surface area contributed by atoms with Crippen molar-refractivity contribution in [2.75, 3.05) is 13.1 Å². The van der Waals surface area contributed by atoms with Crippen LogP contribution in [-0.2, 0) is 0 Å². The largest absolute Gasteiger partial charge is 0.392 e. The molecular weight excluding hydrogens is 210 g/mol. The molecule has 2 atom stereocenters. The van der Waals surface area contributed by atoms with Gasteiger partial charge in [-0.05, 0) is 57.4 Å². The van der Waals surface area contributed by atoms with Crippen molar-refractivity contribution in [1.29, 1.82) is 0 Å². The lowest BCUT2D eigenvalue weighted by molar-refractivity contribution is -0.0482. The third-order valence-electron chi connectivity index (χ3n) is 5.17. The summed E-state index contributed by atoms with van der Waals surface area (Å²) in [4.78, 5) is 2.60. The van der Waals surface area contributed by atoms with Crippen LogP contribution in [0.1, 0.15) is 59.8 Å². The first kappa shape index (κ1) is 13.4. The molecule has 2 unspecified atom stereocenters. The maximum atomic E-state index is 10.5. The average Bonchev–Trinajstić information content (AvgIpc) is 2.54. The minimum absolute atomic E-state index is 0.118. The van der Waals surface area contributed by atoms with Crippen LogP contribution in [0, 0.1) is 11.3 Å². The molecule has 1 saturated heterocycles. The molecule has 2 rings (SSSR count). The van der Waals surface area contributed by atoms with Crippen LogP contribution in [0.15, 0.2) is 0 Å². The lowest BCUT2D eigenvalue weighted by Crippen LogP contribution is -2.48. The summed E-state index contributed by atoms with van der Waals surface area (Å²) in [5, 5.41) is 10.5. The normalized spacial score (nSPS) is 37.2. The Kier molecular flexibility index (Phi) is 3.57. The Morgan fingerprint density at radius 2 is 1.82 bits per heavy atom. The van der Waals surface area contributed by atoms with Gasteiger partial charge in [-0.2, -0.15) is 0 Å². The van der Waals surface area contributed by atoms with Crippen LogP contribution >= 0.6 is 0 Å². The second kappa shape index (κ2) is 4.55. The van der Waals surface area contributed by atoms with Crippen molar-refractivity contribution in [3.8, 4) is 0 Å². The molecule has 0 spiro atoms. The van der Waals surface area contributed by atoms with Gasteiger partial charge in [0, 0.05) is 12.1 Å². The molecule has 100 valence electrons. The predicted molar refractivity (Wildman–Crippen MR) is 72.0 cm³/mol. The number of nitrogens with zero attached hydrogens (tertiary/aromatic N) is 1. The van der Waals surface area contributed by atoms with Crippen molar-refractivity contribution in [3.63, 3.8) is 0 Å². The van der Waals surface area contributed by atoms with Gasteiger partial charge in [0.15, 0.2) is 0 Å². The van der Waals surface area contributed by atoms with E-state index in [4.69, 9.17) is 0 Å². The Morgan fingerprint density at radius 3 is 2.41 bits per heavy atom. The molecule has 0 aromatic rings. The van der Waals surface area contributed by atoms with E-state index in [9.17, 15) is 5.11 Å². The van der Waals surface area contributed by atoms with Gasteiger partial charge in [0.05, 0.1) is 6.10 Å². The summed E-state index contributed by atoms with van der Waals surface area (Å²) >= 11 is 0. The topological polar surface area (TPSA) is 23.5 Å². The molecule has 0 aromatic carbocycles. The van der Waals surface area contributed by atoms with Crippen LogP contribution in [0.25, 0.3) is 0 Å². The highest BCUT2D eigenvalue weighted by Gasteiger charge is 2.41. The average molecular weight is 239 g/mol. The molecule has 17 heavy (non-hydrogen) atoms. The summed E-state index contributed by atoms with van der Waals surface area (Å²) in [5.74, 6) is 0.483. The molecule has 0 aromatic heterocycles. The lowest BCUT2D eigenvalue weighted by Gasteiger charge is -2.44. The summed E-state index contributed by atoms with van der Waals surface area (Å²) in [6.45, 7) is 11.5. The van der Waals surface area contributed by atoms with Crippen LogP contribution in [0.3, 0.4) is 0 Å². The molecule has 2 fully saturated rings. The molecule has 1 aliphatic heterocycles. The van der Waals surface area contributed by atoms with E-state index in [0.717, 1.165) is 6.54 Å². The minimum atomic E-state index is -0.118. The van der Waals surface area contributed by atoms with E-state index in [1.54, 1.807) is 0 Å². The fourth-order valence-corrected chi connectivity index (χ4v) is 3.74. The van der Waals surface area contributed by atoms with Crippen molar-refractivity contribution >= 4 is 0 Å². The number of rotatable bonds is 2. The Morgan fingerprint density at radius 1 is 1.12 bits per heavy atom. The molecule has 1 N–H and O–H groups in total. The highest BCUT2D eigenvalue weighted by molar-refractivity contribution is 4.94. The van der Waals surface area contributed by atoms with Crippen LogP contribution in [0.4, 0.5) is 0 Å². The third kappa shape index (κ3) is 2.68. The van der Waals surface area contributed by atoms with Crippen molar-refractivity contribution < 1.29 is 5.11 Å². The molecule has 0 amide bonds. The van der Waals surface area contributed by atoms with Gasteiger partial charge in [-0.25, -0.2) is 0 Å². The van der Waals surface area contributed by atoms with E-state index in [2.05, 4.69) is 32.6 Å². The van der Waals surface area contributed by atoms with E-state index in [1.807, 2.05) is 0 Å². The van der Waals surface area contributed by atoms with E-state index < -0.39 is 0 Å². The second-order valence-electron chi connectivity index (χ2n) is 7.45. The zero-order valence-electron chi connectivity index (χ0n) is 12.0. The summed E-state index contributed by atoms with van der Waals surface area (Å²) in [5.41, 5.74) is 0.466. The first-order valence-corrected chi connectivity index (χ1v) is 7.26. The summed E-state index contributed by atoms with van der Waals surface area (Å²) in [6, 6.07) is 0. The van der Waals surface area contributed by atoms with E-state index in [0.29, 0.717) is 11.5 Å². The summed E-state index contributed by atoms with van der Waals surface area (Å²) < 4.78 is 0. The van der Waals surface area contributed by atoms with Gasteiger partial charge in [-0.3, -0.25) is 4.90 Å². The molecule has 2 heteroatoms. The molecule has 1 saturated carbocycles. The standard InChI is InChI=1S/C15H29NO/c1-14(2)8-5-7-12(13(14)17)11-16-10-6-9-15(16,3)4/h12-13,17H,5-11H2,1-4H3. The van der Waals surface area contributed by atoms with Gasteiger partial charge < -0.3 is 5.11 Å². The zero-order valence-corrected chi connectivity index (χ0v) is 12.0. The Hall–Kier alpha value is -0.0800. The molecule has 2 aliphatic rings. The third-order valence-corrected chi connectivity index (χ3v) is 5.17. The van der Waals surface area contributed by atoms with Crippen molar-refractivity contribution in [2.45, 2.75) is 71.4 Å². The van der Waals surface area contributed by atoms with Crippen LogP contribution < -0.4 is 0 Å². The number of hydrogen-bond acceptors (Lipinski definition) is 2. The first-order chi connectivity index (χ1) is 7.83. The van der Waals surface area contributed by atoms with Gasteiger partial charge in [0.2, 0.25) is 0 Å². The van der Waals surface area contributed by atoms with Crippen LogP contribution in [0.2, 0.25) is 0 Å². The predicted octanol–water partition coefficient (Wildman–Crippen LogP) is 3.05. The quantitative estimate of drug-likeness (QED) is 0.800. The molecular formula is C15H29NO. The van der Waals surface area contributed by atoms with Crippen LogP contribution in [-0.4, -0.2) is 34.7 Å². The molecule has 2 nitrogen and oxygen atoms in total. The Labute approximate surface area is 106 Å². The minimum Gasteiger partial charge on any atom is -0.392 e. The maximum absolute atomic E-state index is 10.5. The van der Waals surface area contributed by atoms with Gasteiger partial charge in [-0.15, -0.1) is 0 Å². The van der Waals surface area contributed by atoms with Crippen molar-refractivity contribution in [1.82, 2.24) is 4.90 Å². The number of aliphatic hydroxyl groups is 1. The number of aliphatic hydroxyl groups excluding tert-OH is 1. The smallest absolute Gasteiger partial charge is 0.0631 e. The second-order valence-corrected chi connectivity index (χ2v) is 7.45. The van der Waals surface area contributed by atoms with Gasteiger partial charge in [-0.1, -0.05) is 20.3 Å². The van der Waals surface area contributed by atoms with Gasteiger partial charge >= 0.3 is 0 Å². The number of hydrogen-bond donors (Lipinski definition) is 1. The monoisotopic (exact) mass is 239 g/mol. The maximum Gasteiger partial charge on any atom is 0.0631 e. The summed E-state index contributed by atoms with van der Waals surface area (Å²) in [6.07, 6.45) is 6.17. The van der Waals surface area contributed by atoms with Gasteiger partial charge in [0.25, 0.3) is 0 Å². The Bertz CT molecular complexity index is 272. The molecule has 0 bridgehead atoms. The fourth-order valence-electron chi connectivity index (χ4n) is 3.74.